The van der Waals surface area contributed by atoms with Gasteiger partial charge in [0, 0.05) is 5.92 Å². The zero-order valence-corrected chi connectivity index (χ0v) is 19.8. The molecule has 33 heavy (non-hydrogen) atoms. The van der Waals surface area contributed by atoms with E-state index in [2.05, 4.69) is 43.3 Å². The maximum absolute atomic E-state index is 10.6. The van der Waals surface area contributed by atoms with Gasteiger partial charge in [-0.05, 0) is 103 Å². The molecule has 2 N–H and O–H groups in total. The number of hydrogen-bond acceptors (Lipinski definition) is 3. The summed E-state index contributed by atoms with van der Waals surface area (Å²) in [6, 6.07) is 17.3. The Kier molecular flexibility index (Phi) is 5.54. The Bertz CT molecular complexity index is 987. The summed E-state index contributed by atoms with van der Waals surface area (Å²) < 4.78 is 7.06. The van der Waals surface area contributed by atoms with Crippen LogP contribution in [0.15, 0.2) is 48.5 Å². The Labute approximate surface area is 198 Å². The summed E-state index contributed by atoms with van der Waals surface area (Å²) in [6.07, 6.45) is 10.2. The van der Waals surface area contributed by atoms with Crippen LogP contribution >= 0.6 is 0 Å². The fraction of sp³-hybridized carbons (Fsp3) is 0.600. The van der Waals surface area contributed by atoms with Gasteiger partial charge in [0.2, 0.25) is 0 Å². The maximum Gasteiger partial charge on any atom is 0.115 e. The smallest absolute Gasteiger partial charge is 0.115 e. The molecule has 8 atom stereocenters. The molecule has 1 saturated heterocycles. The van der Waals surface area contributed by atoms with Gasteiger partial charge in [-0.15, -0.1) is 0 Å². The maximum atomic E-state index is 10.6. The van der Waals surface area contributed by atoms with Crippen molar-refractivity contribution in [2.45, 2.75) is 94.9 Å². The van der Waals surface area contributed by atoms with Crippen molar-refractivity contribution in [3.05, 3.63) is 65.2 Å². The average Bonchev–Trinajstić information content (AvgIpc) is 2.83. The van der Waals surface area contributed by atoms with Gasteiger partial charge in [-0.3, -0.25) is 0 Å². The largest absolute Gasteiger partial charge is 0.508 e. The van der Waals surface area contributed by atoms with Crippen molar-refractivity contribution >= 4 is 0 Å². The molecule has 1 aliphatic heterocycles. The molecule has 1 heterocycles. The number of ether oxygens (including phenoxy) is 1. The van der Waals surface area contributed by atoms with Crippen LogP contribution in [-0.2, 0) is 11.2 Å². The summed E-state index contributed by atoms with van der Waals surface area (Å²) in [5.41, 5.74) is 4.39. The van der Waals surface area contributed by atoms with Crippen molar-refractivity contribution in [1.82, 2.24) is 0 Å². The molecule has 0 radical (unpaired) electrons. The van der Waals surface area contributed by atoms with E-state index in [1.54, 1.807) is 0 Å². The van der Waals surface area contributed by atoms with Crippen LogP contribution in [-0.4, -0.2) is 28.5 Å². The van der Waals surface area contributed by atoms with E-state index >= 15 is 0 Å². The summed E-state index contributed by atoms with van der Waals surface area (Å²) >= 11 is 0. The van der Waals surface area contributed by atoms with Crippen molar-refractivity contribution in [2.24, 2.45) is 17.3 Å². The lowest BCUT2D eigenvalue weighted by Gasteiger charge is -2.63. The van der Waals surface area contributed by atoms with Crippen LogP contribution in [0.1, 0.15) is 86.8 Å². The number of fused-ring (bicyclic) bond motifs is 6. The third kappa shape index (κ3) is 3.46. The van der Waals surface area contributed by atoms with Crippen molar-refractivity contribution in [1.29, 1.82) is 0 Å². The van der Waals surface area contributed by atoms with Crippen molar-refractivity contribution in [2.75, 3.05) is 0 Å². The second kappa shape index (κ2) is 8.43. The number of rotatable bonds is 3. The van der Waals surface area contributed by atoms with Gasteiger partial charge in [0.25, 0.3) is 0 Å². The fourth-order valence-corrected chi connectivity index (χ4v) is 8.71. The molecular formula is C30H38O3. The second-order valence-electron chi connectivity index (χ2n) is 11.3. The molecule has 3 aliphatic carbocycles. The van der Waals surface area contributed by atoms with E-state index in [9.17, 15) is 10.2 Å². The molecule has 176 valence electrons. The monoisotopic (exact) mass is 446 g/mol. The van der Waals surface area contributed by atoms with Crippen LogP contribution < -0.4 is 0 Å². The minimum Gasteiger partial charge on any atom is -0.508 e. The van der Waals surface area contributed by atoms with E-state index < -0.39 is 0 Å². The Hall–Kier alpha value is -1.84. The molecule has 2 aromatic carbocycles. The zero-order valence-electron chi connectivity index (χ0n) is 19.8. The van der Waals surface area contributed by atoms with Gasteiger partial charge in [0.1, 0.15) is 5.75 Å². The van der Waals surface area contributed by atoms with E-state index in [1.165, 1.54) is 36.0 Å². The van der Waals surface area contributed by atoms with E-state index in [1.807, 2.05) is 12.1 Å². The molecule has 0 amide bonds. The minimum atomic E-state index is -0.137. The Morgan fingerprint density at radius 3 is 2.64 bits per heavy atom. The average molecular weight is 447 g/mol. The SMILES string of the molecule is CCCC12CCC(O)CC1CCC1OC3CCc4cc(O)ccc4C3C(c3ccccc3)C12. The van der Waals surface area contributed by atoms with E-state index in [-0.39, 0.29) is 17.6 Å². The molecule has 0 aromatic heterocycles. The molecule has 6 rings (SSSR count). The summed E-state index contributed by atoms with van der Waals surface area (Å²) in [5.74, 6) is 2.20. The van der Waals surface area contributed by atoms with Crippen LogP contribution in [0.5, 0.6) is 5.75 Å². The summed E-state index contributed by atoms with van der Waals surface area (Å²) in [4.78, 5) is 0. The third-order valence-corrected chi connectivity index (χ3v) is 9.78. The first-order valence-electron chi connectivity index (χ1n) is 13.3. The summed E-state index contributed by atoms with van der Waals surface area (Å²) in [7, 11) is 0. The Balaban J connectivity index is 1.52. The van der Waals surface area contributed by atoms with Gasteiger partial charge in [-0.1, -0.05) is 49.7 Å². The molecule has 3 heteroatoms. The summed E-state index contributed by atoms with van der Waals surface area (Å²) in [6.45, 7) is 2.34. The van der Waals surface area contributed by atoms with E-state index in [0.29, 0.717) is 35.5 Å². The number of hydrogen-bond donors (Lipinski definition) is 2. The van der Waals surface area contributed by atoms with Gasteiger partial charge < -0.3 is 14.9 Å². The highest BCUT2D eigenvalue weighted by Crippen LogP contribution is 2.65. The lowest BCUT2D eigenvalue weighted by Crippen LogP contribution is -2.59. The van der Waals surface area contributed by atoms with Crippen molar-refractivity contribution in [3.8, 4) is 5.75 Å². The summed E-state index contributed by atoms with van der Waals surface area (Å²) in [5, 5.41) is 20.8. The first kappa shape index (κ1) is 21.7. The van der Waals surface area contributed by atoms with Gasteiger partial charge >= 0.3 is 0 Å². The Morgan fingerprint density at radius 1 is 0.970 bits per heavy atom. The van der Waals surface area contributed by atoms with Crippen molar-refractivity contribution in [3.63, 3.8) is 0 Å². The third-order valence-electron chi connectivity index (χ3n) is 9.78. The first-order valence-corrected chi connectivity index (χ1v) is 13.3. The van der Waals surface area contributed by atoms with E-state index in [4.69, 9.17) is 4.74 Å². The second-order valence-corrected chi connectivity index (χ2v) is 11.3. The van der Waals surface area contributed by atoms with Gasteiger partial charge in [-0.25, -0.2) is 0 Å². The van der Waals surface area contributed by atoms with E-state index in [0.717, 1.165) is 38.5 Å². The number of phenols is 1. The standard InChI is InChI=1S/C30H38O3/c1-2-15-30-16-14-23(32)18-21(30)9-13-26-29(30)27(19-6-4-3-5-7-19)28-24-11-10-22(31)17-20(24)8-12-25(28)33-26/h3-7,10-11,17,21,23,25-29,31-32H,2,8-9,12-16,18H2,1H3. The number of aliphatic hydroxyl groups excluding tert-OH is 1. The topological polar surface area (TPSA) is 49.7 Å². The zero-order chi connectivity index (χ0) is 22.6. The van der Waals surface area contributed by atoms with Gasteiger partial charge in [0.05, 0.1) is 18.3 Å². The van der Waals surface area contributed by atoms with Crippen LogP contribution in [0.4, 0.5) is 0 Å². The highest BCUT2D eigenvalue weighted by molar-refractivity contribution is 5.43. The highest BCUT2D eigenvalue weighted by atomic mass is 16.5. The Morgan fingerprint density at radius 2 is 1.82 bits per heavy atom. The van der Waals surface area contributed by atoms with Crippen LogP contribution in [0.2, 0.25) is 0 Å². The van der Waals surface area contributed by atoms with Gasteiger partial charge in [-0.2, -0.15) is 0 Å². The normalized spacial score (nSPS) is 39.6. The predicted octanol–water partition coefficient (Wildman–Crippen LogP) is 6.33. The van der Waals surface area contributed by atoms with Crippen molar-refractivity contribution < 1.29 is 14.9 Å². The minimum absolute atomic E-state index is 0.137. The number of aryl methyl sites for hydroxylation is 1. The predicted molar refractivity (Wildman–Crippen MR) is 130 cm³/mol. The number of benzene rings is 2. The molecule has 2 saturated carbocycles. The number of aliphatic hydroxyl groups is 1. The van der Waals surface area contributed by atoms with Gasteiger partial charge in [0.15, 0.2) is 0 Å². The molecule has 0 spiro atoms. The fourth-order valence-electron chi connectivity index (χ4n) is 8.71. The number of aromatic hydroxyl groups is 1. The van der Waals surface area contributed by atoms with Crippen LogP contribution in [0, 0.1) is 17.3 Å². The molecule has 4 aliphatic rings. The molecule has 2 aromatic rings. The van der Waals surface area contributed by atoms with Crippen LogP contribution in [0.25, 0.3) is 0 Å². The molecule has 3 nitrogen and oxygen atoms in total. The van der Waals surface area contributed by atoms with Crippen LogP contribution in [0.3, 0.4) is 0 Å². The highest BCUT2D eigenvalue weighted by Gasteiger charge is 2.60. The first-order chi connectivity index (χ1) is 16.1. The molecule has 8 unspecified atom stereocenters. The molecule has 3 fully saturated rings. The lowest BCUT2D eigenvalue weighted by molar-refractivity contribution is -0.200. The quantitative estimate of drug-likeness (QED) is 0.579. The molecule has 0 bridgehead atoms. The number of phenolic OH excluding ortho intramolecular Hbond substituents is 1. The molecular weight excluding hydrogens is 408 g/mol. The lowest BCUT2D eigenvalue weighted by atomic mass is 9.46.